The minimum atomic E-state index is -0.328. The van der Waals surface area contributed by atoms with Crippen molar-refractivity contribution in [1.82, 2.24) is 0 Å². The van der Waals surface area contributed by atoms with Crippen molar-refractivity contribution in [3.63, 3.8) is 0 Å². The Morgan fingerprint density at radius 3 is 2.41 bits per heavy atom. The Morgan fingerprint density at radius 2 is 1.94 bits per heavy atom. The van der Waals surface area contributed by atoms with Crippen LogP contribution in [-0.2, 0) is 9.53 Å². The van der Waals surface area contributed by atoms with Crippen LogP contribution < -0.4 is 4.74 Å². The van der Waals surface area contributed by atoms with E-state index < -0.39 is 0 Å². The molecule has 1 unspecified atom stereocenters. The Kier molecular flexibility index (Phi) is 4.82. The molecule has 0 saturated heterocycles. The van der Waals surface area contributed by atoms with Crippen LogP contribution in [-0.4, -0.2) is 19.2 Å². The van der Waals surface area contributed by atoms with E-state index in [9.17, 15) is 4.79 Å². The van der Waals surface area contributed by atoms with Crippen LogP contribution in [0.25, 0.3) is 0 Å². The van der Waals surface area contributed by atoms with Crippen molar-refractivity contribution in [2.45, 2.75) is 32.8 Å². The molecule has 1 aromatic rings. The molecule has 0 aliphatic carbocycles. The van der Waals surface area contributed by atoms with Crippen molar-refractivity contribution >= 4 is 17.6 Å². The molecular weight excluding hydrogens is 240 g/mol. The van der Waals surface area contributed by atoms with Crippen LogP contribution in [0.4, 0.5) is 0 Å². The molecule has 17 heavy (non-hydrogen) atoms. The van der Waals surface area contributed by atoms with E-state index in [-0.39, 0.29) is 18.0 Å². The number of hydrogen-bond donors (Lipinski definition) is 0. The lowest BCUT2D eigenvalue weighted by Crippen LogP contribution is -2.11. The van der Waals surface area contributed by atoms with Crippen molar-refractivity contribution in [1.29, 1.82) is 0 Å². The Hall–Kier alpha value is -1.22. The summed E-state index contributed by atoms with van der Waals surface area (Å²) in [5, 5.41) is 0.506. The van der Waals surface area contributed by atoms with Gasteiger partial charge in [0, 0.05) is 0 Å². The summed E-state index contributed by atoms with van der Waals surface area (Å²) in [7, 11) is 1.37. The molecule has 0 saturated carbocycles. The number of methoxy groups -OCH3 is 1. The van der Waals surface area contributed by atoms with Crippen molar-refractivity contribution in [2.24, 2.45) is 0 Å². The zero-order valence-electron chi connectivity index (χ0n) is 10.5. The first-order valence-electron chi connectivity index (χ1n) is 5.49. The van der Waals surface area contributed by atoms with Crippen LogP contribution in [0.2, 0.25) is 5.02 Å². The van der Waals surface area contributed by atoms with Gasteiger partial charge in [-0.15, -0.1) is 0 Å². The van der Waals surface area contributed by atoms with E-state index in [1.165, 1.54) is 7.11 Å². The fraction of sp³-hybridized carbons (Fsp3) is 0.462. The zero-order chi connectivity index (χ0) is 13.0. The van der Waals surface area contributed by atoms with Gasteiger partial charge < -0.3 is 9.47 Å². The first-order valence-corrected chi connectivity index (χ1v) is 5.87. The first-order chi connectivity index (χ1) is 7.95. The maximum atomic E-state index is 11.4. The predicted molar refractivity (Wildman–Crippen MR) is 67.6 cm³/mol. The van der Waals surface area contributed by atoms with Crippen LogP contribution >= 0.6 is 11.6 Å². The van der Waals surface area contributed by atoms with Gasteiger partial charge in [-0.25, -0.2) is 0 Å². The molecule has 4 heteroatoms. The Balaban J connectivity index is 2.92. The molecule has 0 radical (unpaired) electrons. The normalized spacial score (nSPS) is 12.4. The number of hydrogen-bond acceptors (Lipinski definition) is 3. The molecule has 0 N–H and O–H groups in total. The van der Waals surface area contributed by atoms with E-state index in [4.69, 9.17) is 16.3 Å². The highest BCUT2D eigenvalue weighted by Gasteiger charge is 2.17. The fourth-order valence-electron chi connectivity index (χ4n) is 1.45. The summed E-state index contributed by atoms with van der Waals surface area (Å²) >= 11 is 6.09. The standard InChI is InChI=1S/C13H17ClO3/c1-8(2)17-12-6-5-10(7-11(12)14)9(3)13(15)16-4/h5-9H,1-4H3. The highest BCUT2D eigenvalue weighted by molar-refractivity contribution is 6.32. The second kappa shape index (κ2) is 5.92. The van der Waals surface area contributed by atoms with Gasteiger partial charge in [-0.3, -0.25) is 4.79 Å². The van der Waals surface area contributed by atoms with Crippen molar-refractivity contribution in [3.8, 4) is 5.75 Å². The van der Waals surface area contributed by atoms with Gasteiger partial charge in [0.1, 0.15) is 5.75 Å². The highest BCUT2D eigenvalue weighted by atomic mass is 35.5. The smallest absolute Gasteiger partial charge is 0.312 e. The van der Waals surface area contributed by atoms with E-state index in [2.05, 4.69) is 4.74 Å². The van der Waals surface area contributed by atoms with Gasteiger partial charge in [-0.05, 0) is 38.5 Å². The number of halogens is 1. The summed E-state index contributed by atoms with van der Waals surface area (Å²) in [6, 6.07) is 5.34. The predicted octanol–water partition coefficient (Wildman–Crippen LogP) is 3.40. The second-order valence-electron chi connectivity index (χ2n) is 4.10. The molecule has 94 valence electrons. The number of rotatable bonds is 4. The summed E-state index contributed by atoms with van der Waals surface area (Å²) in [6.07, 6.45) is 0.0661. The average molecular weight is 257 g/mol. The molecule has 0 heterocycles. The average Bonchev–Trinajstić information content (AvgIpc) is 2.29. The zero-order valence-corrected chi connectivity index (χ0v) is 11.2. The minimum Gasteiger partial charge on any atom is -0.489 e. The topological polar surface area (TPSA) is 35.5 Å². The maximum absolute atomic E-state index is 11.4. The van der Waals surface area contributed by atoms with Crippen LogP contribution in [0.15, 0.2) is 18.2 Å². The molecule has 0 aromatic heterocycles. The van der Waals surface area contributed by atoms with E-state index in [1.54, 1.807) is 19.1 Å². The molecule has 0 fully saturated rings. The minimum absolute atomic E-state index is 0.0661. The van der Waals surface area contributed by atoms with Gasteiger partial charge in [0.2, 0.25) is 0 Å². The van der Waals surface area contributed by atoms with Gasteiger partial charge in [0.25, 0.3) is 0 Å². The Bertz CT molecular complexity index is 402. The summed E-state index contributed by atoms with van der Waals surface area (Å²) in [5.41, 5.74) is 0.818. The third kappa shape index (κ3) is 3.63. The molecular formula is C13H17ClO3. The summed E-state index contributed by atoms with van der Waals surface area (Å²) in [6.45, 7) is 5.64. The van der Waals surface area contributed by atoms with E-state index in [1.807, 2.05) is 19.9 Å². The van der Waals surface area contributed by atoms with Gasteiger partial charge in [-0.1, -0.05) is 17.7 Å². The van der Waals surface area contributed by atoms with Crippen LogP contribution in [0.3, 0.4) is 0 Å². The van der Waals surface area contributed by atoms with Gasteiger partial charge in [0.05, 0.1) is 24.2 Å². The van der Waals surface area contributed by atoms with E-state index in [0.717, 1.165) is 5.56 Å². The molecule has 0 aliphatic heterocycles. The second-order valence-corrected chi connectivity index (χ2v) is 4.51. The molecule has 0 aliphatic rings. The largest absolute Gasteiger partial charge is 0.489 e. The highest BCUT2D eigenvalue weighted by Crippen LogP contribution is 2.29. The summed E-state index contributed by atoms with van der Waals surface area (Å²) in [5.74, 6) is 0.0201. The summed E-state index contributed by atoms with van der Waals surface area (Å²) in [4.78, 5) is 11.4. The molecule has 1 rings (SSSR count). The number of carbonyl (C=O) groups is 1. The molecule has 0 spiro atoms. The van der Waals surface area contributed by atoms with Crippen LogP contribution in [0.1, 0.15) is 32.3 Å². The van der Waals surface area contributed by atoms with E-state index >= 15 is 0 Å². The number of ether oxygens (including phenoxy) is 2. The molecule has 3 nitrogen and oxygen atoms in total. The van der Waals surface area contributed by atoms with Crippen LogP contribution in [0, 0.1) is 0 Å². The molecule has 1 atom stereocenters. The van der Waals surface area contributed by atoms with E-state index in [0.29, 0.717) is 10.8 Å². The SMILES string of the molecule is COC(=O)C(C)c1ccc(OC(C)C)c(Cl)c1. The van der Waals surface area contributed by atoms with Gasteiger partial charge >= 0.3 is 5.97 Å². The lowest BCUT2D eigenvalue weighted by Gasteiger charge is -2.14. The third-order valence-corrected chi connectivity index (χ3v) is 2.67. The number of esters is 1. The maximum Gasteiger partial charge on any atom is 0.312 e. The summed E-state index contributed by atoms with van der Waals surface area (Å²) < 4.78 is 10.2. The Labute approximate surface area is 107 Å². The fourth-order valence-corrected chi connectivity index (χ4v) is 1.68. The lowest BCUT2D eigenvalue weighted by atomic mass is 10.0. The molecule has 1 aromatic carbocycles. The van der Waals surface area contributed by atoms with Gasteiger partial charge in [-0.2, -0.15) is 0 Å². The molecule has 0 bridgehead atoms. The van der Waals surface area contributed by atoms with Crippen molar-refractivity contribution < 1.29 is 14.3 Å². The Morgan fingerprint density at radius 1 is 1.29 bits per heavy atom. The lowest BCUT2D eigenvalue weighted by molar-refractivity contribution is -0.141. The quantitative estimate of drug-likeness (QED) is 0.775. The molecule has 0 amide bonds. The van der Waals surface area contributed by atoms with Gasteiger partial charge in [0.15, 0.2) is 0 Å². The monoisotopic (exact) mass is 256 g/mol. The number of carbonyl (C=O) groups excluding carboxylic acids is 1. The first kappa shape index (κ1) is 13.8. The number of benzene rings is 1. The van der Waals surface area contributed by atoms with Crippen molar-refractivity contribution in [3.05, 3.63) is 28.8 Å². The van der Waals surface area contributed by atoms with Crippen LogP contribution in [0.5, 0.6) is 5.75 Å². The third-order valence-electron chi connectivity index (χ3n) is 2.37. The van der Waals surface area contributed by atoms with Crippen molar-refractivity contribution in [2.75, 3.05) is 7.11 Å².